The van der Waals surface area contributed by atoms with Gasteiger partial charge >= 0.3 is 6.03 Å². The number of nitrogens with one attached hydrogen (secondary N) is 2. The van der Waals surface area contributed by atoms with Crippen molar-refractivity contribution in [2.45, 2.75) is 25.8 Å². The summed E-state index contributed by atoms with van der Waals surface area (Å²) in [6.45, 7) is 3.15. The highest BCUT2D eigenvalue weighted by Gasteiger charge is 2.19. The number of hydrogen-bond acceptors (Lipinski definition) is 3. The Kier molecular flexibility index (Phi) is 6.04. The predicted molar refractivity (Wildman–Crippen MR) is 101 cm³/mol. The van der Waals surface area contributed by atoms with E-state index in [1.165, 1.54) is 11.1 Å². The van der Waals surface area contributed by atoms with Gasteiger partial charge in [-0.05, 0) is 55.1 Å². The quantitative estimate of drug-likeness (QED) is 0.706. The molecule has 0 aromatic heterocycles. The highest BCUT2D eigenvalue weighted by atomic mass is 16.2. The van der Waals surface area contributed by atoms with E-state index in [1.807, 2.05) is 42.5 Å². The molecular weight excluding hydrogens is 314 g/mol. The first kappa shape index (κ1) is 17.5. The van der Waals surface area contributed by atoms with Crippen LogP contribution in [0, 0.1) is 0 Å². The standard InChI is InChI=1S/C20H25N3O2/c24-14-5-4-12-23-13-11-18-16(15-23)7-6-10-19(18)22-20(25)21-17-8-2-1-3-9-17/h1-3,6-10,24H,4-5,11-15H2,(H2,21,22,25). The molecule has 132 valence electrons. The number of nitrogens with zero attached hydrogens (tertiary/aromatic N) is 1. The number of hydrogen-bond donors (Lipinski definition) is 3. The molecule has 2 aromatic carbocycles. The van der Waals surface area contributed by atoms with E-state index in [9.17, 15) is 4.79 Å². The SMILES string of the molecule is O=C(Nc1ccccc1)Nc1cccc2c1CCN(CCCCO)C2. The van der Waals surface area contributed by atoms with Crippen LogP contribution in [0.5, 0.6) is 0 Å². The van der Waals surface area contributed by atoms with E-state index in [1.54, 1.807) is 0 Å². The molecule has 1 aliphatic heterocycles. The molecule has 0 aliphatic carbocycles. The van der Waals surface area contributed by atoms with Crippen LogP contribution < -0.4 is 10.6 Å². The molecule has 2 aromatic rings. The fourth-order valence-corrected chi connectivity index (χ4v) is 3.23. The molecule has 1 heterocycles. The smallest absolute Gasteiger partial charge is 0.323 e. The predicted octanol–water partition coefficient (Wildman–Crippen LogP) is 3.46. The minimum Gasteiger partial charge on any atom is -0.396 e. The highest BCUT2D eigenvalue weighted by molar-refractivity contribution is 6.00. The number of carbonyl (C=O) groups excluding carboxylic acids is 1. The Labute approximate surface area is 148 Å². The third kappa shape index (κ3) is 4.81. The van der Waals surface area contributed by atoms with Gasteiger partial charge in [-0.1, -0.05) is 30.3 Å². The van der Waals surface area contributed by atoms with Gasteiger partial charge in [0.2, 0.25) is 0 Å². The van der Waals surface area contributed by atoms with Gasteiger partial charge in [0.15, 0.2) is 0 Å². The highest BCUT2D eigenvalue weighted by Crippen LogP contribution is 2.26. The van der Waals surface area contributed by atoms with E-state index in [0.29, 0.717) is 0 Å². The van der Waals surface area contributed by atoms with Crippen molar-refractivity contribution >= 4 is 17.4 Å². The summed E-state index contributed by atoms with van der Waals surface area (Å²) in [5, 5.41) is 14.8. The molecule has 0 saturated heterocycles. The Morgan fingerprint density at radius 2 is 1.88 bits per heavy atom. The summed E-state index contributed by atoms with van der Waals surface area (Å²) in [5.74, 6) is 0. The minimum absolute atomic E-state index is 0.218. The van der Waals surface area contributed by atoms with Crippen LogP contribution in [0.15, 0.2) is 48.5 Å². The first-order valence-electron chi connectivity index (χ1n) is 8.83. The second-order valence-corrected chi connectivity index (χ2v) is 6.35. The number of unbranched alkanes of at least 4 members (excludes halogenated alkanes) is 1. The van der Waals surface area contributed by atoms with Gasteiger partial charge in [-0.15, -0.1) is 0 Å². The van der Waals surface area contributed by atoms with Crippen LogP contribution >= 0.6 is 0 Å². The lowest BCUT2D eigenvalue weighted by atomic mass is 9.97. The number of carbonyl (C=O) groups is 1. The third-order valence-electron chi connectivity index (χ3n) is 4.51. The Hall–Kier alpha value is -2.37. The van der Waals surface area contributed by atoms with Crippen molar-refractivity contribution in [2.75, 3.05) is 30.3 Å². The van der Waals surface area contributed by atoms with Gasteiger partial charge in [-0.2, -0.15) is 0 Å². The summed E-state index contributed by atoms with van der Waals surface area (Å²) >= 11 is 0. The van der Waals surface area contributed by atoms with E-state index in [4.69, 9.17) is 5.11 Å². The fraction of sp³-hybridized carbons (Fsp3) is 0.350. The topological polar surface area (TPSA) is 64.6 Å². The molecule has 0 unspecified atom stereocenters. The maximum atomic E-state index is 12.3. The summed E-state index contributed by atoms with van der Waals surface area (Å²) < 4.78 is 0. The van der Waals surface area contributed by atoms with Crippen molar-refractivity contribution in [3.8, 4) is 0 Å². The number of para-hydroxylation sites is 1. The van der Waals surface area contributed by atoms with Gasteiger partial charge in [0, 0.05) is 31.1 Å². The monoisotopic (exact) mass is 339 g/mol. The summed E-state index contributed by atoms with van der Waals surface area (Å²) in [6.07, 6.45) is 2.80. The molecule has 25 heavy (non-hydrogen) atoms. The normalized spacial score (nSPS) is 14.0. The summed E-state index contributed by atoms with van der Waals surface area (Å²) in [5.41, 5.74) is 4.16. The van der Waals surface area contributed by atoms with Crippen LogP contribution in [-0.4, -0.2) is 35.7 Å². The molecule has 0 saturated carbocycles. The maximum Gasteiger partial charge on any atom is 0.323 e. The van der Waals surface area contributed by atoms with E-state index < -0.39 is 0 Å². The lowest BCUT2D eigenvalue weighted by molar-refractivity contribution is 0.229. The zero-order valence-corrected chi connectivity index (χ0v) is 14.4. The fourth-order valence-electron chi connectivity index (χ4n) is 3.23. The van der Waals surface area contributed by atoms with Crippen molar-refractivity contribution in [2.24, 2.45) is 0 Å². The molecule has 0 spiro atoms. The van der Waals surface area contributed by atoms with Gasteiger partial charge < -0.3 is 15.7 Å². The second-order valence-electron chi connectivity index (χ2n) is 6.35. The van der Waals surface area contributed by atoms with Crippen LogP contribution in [0.25, 0.3) is 0 Å². The Bertz CT molecular complexity index is 703. The van der Waals surface area contributed by atoms with Gasteiger partial charge in [-0.3, -0.25) is 4.90 Å². The molecule has 0 bridgehead atoms. The van der Waals surface area contributed by atoms with E-state index in [0.717, 1.165) is 50.3 Å². The molecule has 3 rings (SSSR count). The van der Waals surface area contributed by atoms with Crippen LogP contribution in [0.2, 0.25) is 0 Å². The third-order valence-corrected chi connectivity index (χ3v) is 4.51. The first-order chi connectivity index (χ1) is 12.3. The average molecular weight is 339 g/mol. The average Bonchev–Trinajstić information content (AvgIpc) is 2.63. The molecule has 5 heteroatoms. The maximum absolute atomic E-state index is 12.3. The van der Waals surface area contributed by atoms with E-state index >= 15 is 0 Å². The summed E-state index contributed by atoms with van der Waals surface area (Å²) in [7, 11) is 0. The lowest BCUT2D eigenvalue weighted by Crippen LogP contribution is -2.32. The molecule has 3 N–H and O–H groups in total. The number of rotatable bonds is 6. The number of aliphatic hydroxyl groups is 1. The molecule has 1 aliphatic rings. The molecule has 5 nitrogen and oxygen atoms in total. The van der Waals surface area contributed by atoms with Crippen LogP contribution in [0.4, 0.5) is 16.2 Å². The number of amides is 2. The van der Waals surface area contributed by atoms with Gasteiger partial charge in [0.1, 0.15) is 0 Å². The van der Waals surface area contributed by atoms with Gasteiger partial charge in [-0.25, -0.2) is 4.79 Å². The Morgan fingerprint density at radius 1 is 1.04 bits per heavy atom. The van der Waals surface area contributed by atoms with Crippen LogP contribution in [0.3, 0.4) is 0 Å². The van der Waals surface area contributed by atoms with Gasteiger partial charge in [0.05, 0.1) is 0 Å². The second kappa shape index (κ2) is 8.65. The molecule has 0 radical (unpaired) electrons. The number of anilines is 2. The first-order valence-corrected chi connectivity index (χ1v) is 8.83. The number of urea groups is 1. The van der Waals surface area contributed by atoms with Gasteiger partial charge in [0.25, 0.3) is 0 Å². The zero-order chi connectivity index (χ0) is 17.5. The summed E-state index contributed by atoms with van der Waals surface area (Å²) in [6, 6.07) is 15.3. The number of fused-ring (bicyclic) bond motifs is 1. The zero-order valence-electron chi connectivity index (χ0n) is 14.4. The summed E-state index contributed by atoms with van der Waals surface area (Å²) in [4.78, 5) is 14.7. The largest absolute Gasteiger partial charge is 0.396 e. The lowest BCUT2D eigenvalue weighted by Gasteiger charge is -2.30. The van der Waals surface area contributed by atoms with E-state index in [2.05, 4.69) is 21.6 Å². The molecule has 0 atom stereocenters. The number of aliphatic hydroxyl groups excluding tert-OH is 1. The molecular formula is C20H25N3O2. The van der Waals surface area contributed by atoms with Crippen molar-refractivity contribution in [1.29, 1.82) is 0 Å². The van der Waals surface area contributed by atoms with Crippen LogP contribution in [0.1, 0.15) is 24.0 Å². The van der Waals surface area contributed by atoms with Crippen molar-refractivity contribution in [1.82, 2.24) is 4.90 Å². The van der Waals surface area contributed by atoms with E-state index in [-0.39, 0.29) is 12.6 Å². The number of benzene rings is 2. The van der Waals surface area contributed by atoms with Crippen molar-refractivity contribution in [3.05, 3.63) is 59.7 Å². The molecule has 2 amide bonds. The van der Waals surface area contributed by atoms with Crippen molar-refractivity contribution < 1.29 is 9.90 Å². The Morgan fingerprint density at radius 3 is 2.68 bits per heavy atom. The Balaban J connectivity index is 1.62. The van der Waals surface area contributed by atoms with Crippen LogP contribution in [-0.2, 0) is 13.0 Å². The molecule has 0 fully saturated rings. The van der Waals surface area contributed by atoms with Crippen molar-refractivity contribution in [3.63, 3.8) is 0 Å². The minimum atomic E-state index is -0.218.